The largest absolute Gasteiger partial charge is 0.481 e. The summed E-state index contributed by atoms with van der Waals surface area (Å²) in [6.45, 7) is 2.79. The molecule has 0 spiro atoms. The van der Waals surface area contributed by atoms with Crippen molar-refractivity contribution < 1.29 is 19.8 Å². The summed E-state index contributed by atoms with van der Waals surface area (Å²) in [4.78, 5) is 24.7. The number of amides is 1. The molecule has 1 saturated heterocycles. The number of unbranched alkanes of at least 4 members (excludes halogenated alkanes) is 3. The third kappa shape index (κ3) is 8.70. The van der Waals surface area contributed by atoms with Crippen molar-refractivity contribution in [3.63, 3.8) is 0 Å². The molecule has 0 bridgehead atoms. The van der Waals surface area contributed by atoms with E-state index in [1.807, 2.05) is 23.1 Å². The molecule has 1 aliphatic rings. The highest BCUT2D eigenvalue weighted by Gasteiger charge is 2.28. The summed E-state index contributed by atoms with van der Waals surface area (Å²) in [7, 11) is 0. The number of aryl methyl sites for hydroxylation is 1. The van der Waals surface area contributed by atoms with Crippen LogP contribution in [-0.4, -0.2) is 45.7 Å². The van der Waals surface area contributed by atoms with Crippen LogP contribution in [0.25, 0.3) is 0 Å². The summed E-state index contributed by atoms with van der Waals surface area (Å²) in [6, 6.07) is 10.5. The van der Waals surface area contributed by atoms with Crippen LogP contribution < -0.4 is 0 Å². The molecule has 2 N–H and O–H groups in total. The minimum atomic E-state index is -0.747. The van der Waals surface area contributed by atoms with Gasteiger partial charge in [0.1, 0.15) is 0 Å². The van der Waals surface area contributed by atoms with Gasteiger partial charge in [0, 0.05) is 19.4 Å². The van der Waals surface area contributed by atoms with E-state index in [-0.39, 0.29) is 24.3 Å². The third-order valence-electron chi connectivity index (χ3n) is 6.00. The maximum atomic E-state index is 12.2. The first-order chi connectivity index (χ1) is 14.5. The van der Waals surface area contributed by atoms with Crippen LogP contribution in [0.4, 0.5) is 0 Å². The molecular formula is C25H37NO4. The Kier molecular flexibility index (Phi) is 10.6. The lowest BCUT2D eigenvalue weighted by Crippen LogP contribution is -2.33. The van der Waals surface area contributed by atoms with Gasteiger partial charge in [-0.25, -0.2) is 0 Å². The highest BCUT2D eigenvalue weighted by Crippen LogP contribution is 2.22. The maximum Gasteiger partial charge on any atom is 0.303 e. The van der Waals surface area contributed by atoms with Crippen molar-refractivity contribution >= 4 is 11.9 Å². The van der Waals surface area contributed by atoms with Gasteiger partial charge in [0.2, 0.25) is 5.91 Å². The van der Waals surface area contributed by atoms with Gasteiger partial charge in [0.05, 0.1) is 12.1 Å². The molecule has 0 radical (unpaired) electrons. The monoisotopic (exact) mass is 415 g/mol. The lowest BCUT2D eigenvalue weighted by atomic mass is 9.95. The minimum Gasteiger partial charge on any atom is -0.481 e. The zero-order valence-corrected chi connectivity index (χ0v) is 18.2. The molecule has 1 fully saturated rings. The van der Waals surface area contributed by atoms with E-state index in [2.05, 4.69) is 31.2 Å². The lowest BCUT2D eigenvalue weighted by Gasteiger charge is -2.23. The topological polar surface area (TPSA) is 77.8 Å². The molecular weight excluding hydrogens is 378 g/mol. The maximum absolute atomic E-state index is 12.2. The number of rotatable bonds is 14. The molecule has 0 saturated carbocycles. The van der Waals surface area contributed by atoms with Gasteiger partial charge in [-0.15, -0.1) is 0 Å². The molecule has 166 valence electrons. The summed E-state index contributed by atoms with van der Waals surface area (Å²) in [5.74, 6) is -0.381. The molecule has 30 heavy (non-hydrogen) atoms. The number of hydrogen-bond acceptors (Lipinski definition) is 3. The van der Waals surface area contributed by atoms with Crippen LogP contribution in [-0.2, 0) is 16.0 Å². The first-order valence-electron chi connectivity index (χ1n) is 11.4. The van der Waals surface area contributed by atoms with Crippen LogP contribution in [0.2, 0.25) is 0 Å². The second-order valence-electron chi connectivity index (χ2n) is 8.48. The Hall–Kier alpha value is -2.14. The molecule has 0 unspecified atom stereocenters. The van der Waals surface area contributed by atoms with Gasteiger partial charge in [0.15, 0.2) is 0 Å². The van der Waals surface area contributed by atoms with Gasteiger partial charge in [-0.1, -0.05) is 62.2 Å². The number of aliphatic carboxylic acids is 1. The van der Waals surface area contributed by atoms with E-state index in [1.54, 1.807) is 0 Å². The molecule has 0 aromatic heterocycles. The second kappa shape index (κ2) is 13.2. The van der Waals surface area contributed by atoms with Gasteiger partial charge in [-0.05, 0) is 50.0 Å². The molecule has 1 aliphatic heterocycles. The van der Waals surface area contributed by atoms with Gasteiger partial charge in [-0.2, -0.15) is 0 Å². The highest BCUT2D eigenvalue weighted by atomic mass is 16.4. The summed E-state index contributed by atoms with van der Waals surface area (Å²) in [5.41, 5.74) is 1.33. The van der Waals surface area contributed by atoms with Crippen LogP contribution in [0.15, 0.2) is 42.5 Å². The van der Waals surface area contributed by atoms with Crippen molar-refractivity contribution in [2.24, 2.45) is 5.92 Å². The summed E-state index contributed by atoms with van der Waals surface area (Å²) in [6.07, 6.45) is 11.4. The summed E-state index contributed by atoms with van der Waals surface area (Å²) in [5, 5.41) is 19.2. The average Bonchev–Trinajstić information content (AvgIpc) is 3.08. The molecule has 1 heterocycles. The quantitative estimate of drug-likeness (QED) is 0.344. The van der Waals surface area contributed by atoms with E-state index in [0.29, 0.717) is 19.4 Å². The zero-order chi connectivity index (χ0) is 21.8. The van der Waals surface area contributed by atoms with E-state index >= 15 is 0 Å². The Morgan fingerprint density at radius 2 is 1.90 bits per heavy atom. The molecule has 3 atom stereocenters. The Labute approximate surface area is 180 Å². The number of hydrogen-bond donors (Lipinski definition) is 2. The van der Waals surface area contributed by atoms with Crippen molar-refractivity contribution in [1.29, 1.82) is 0 Å². The predicted octanol–water partition coefficient (Wildman–Crippen LogP) is 4.59. The van der Waals surface area contributed by atoms with Gasteiger partial charge < -0.3 is 15.1 Å². The fourth-order valence-corrected chi connectivity index (χ4v) is 4.03. The normalized spacial score (nSPS) is 18.8. The van der Waals surface area contributed by atoms with Gasteiger partial charge >= 0.3 is 5.97 Å². The van der Waals surface area contributed by atoms with Crippen molar-refractivity contribution in [2.75, 3.05) is 6.54 Å². The van der Waals surface area contributed by atoms with Crippen LogP contribution in [0.3, 0.4) is 0 Å². The summed E-state index contributed by atoms with van der Waals surface area (Å²) >= 11 is 0. The number of aliphatic hydroxyl groups is 1. The minimum absolute atomic E-state index is 0.0719. The lowest BCUT2D eigenvalue weighted by molar-refractivity contribution is -0.137. The van der Waals surface area contributed by atoms with E-state index in [9.17, 15) is 14.7 Å². The molecule has 1 aromatic rings. The van der Waals surface area contributed by atoms with Crippen molar-refractivity contribution in [2.45, 2.75) is 83.3 Å². The number of carboxylic acid groups (broad SMARTS) is 1. The standard InChI is InChI=1S/C25H37NO4/c1-20(10-9-13-21-11-5-4-6-12-21)23(27)17-15-22-16-18-24(28)26(22)19-8-3-2-7-14-25(29)30/h4-6,11-12,15,17,20,22-23,27H,2-3,7-10,13-14,16,18-19H2,1H3,(H,29,30)/t20-,22+,23-/m1/s1. The van der Waals surface area contributed by atoms with Gasteiger partial charge in [-0.3, -0.25) is 9.59 Å². The number of benzene rings is 1. The van der Waals surface area contributed by atoms with Crippen molar-refractivity contribution in [3.8, 4) is 0 Å². The molecule has 1 aromatic carbocycles. The van der Waals surface area contributed by atoms with Gasteiger partial charge in [0.25, 0.3) is 0 Å². The van der Waals surface area contributed by atoms with E-state index < -0.39 is 12.1 Å². The Balaban J connectivity index is 1.70. The van der Waals surface area contributed by atoms with E-state index in [1.165, 1.54) is 5.56 Å². The van der Waals surface area contributed by atoms with Crippen LogP contribution in [0, 0.1) is 5.92 Å². The van der Waals surface area contributed by atoms with Crippen LogP contribution >= 0.6 is 0 Å². The van der Waals surface area contributed by atoms with E-state index in [0.717, 1.165) is 44.9 Å². The highest BCUT2D eigenvalue weighted by molar-refractivity contribution is 5.79. The molecule has 5 nitrogen and oxygen atoms in total. The van der Waals surface area contributed by atoms with E-state index in [4.69, 9.17) is 5.11 Å². The molecule has 5 heteroatoms. The number of carbonyl (C=O) groups excluding carboxylic acids is 1. The van der Waals surface area contributed by atoms with Crippen LogP contribution in [0.1, 0.15) is 70.3 Å². The number of likely N-dealkylation sites (tertiary alicyclic amines) is 1. The Morgan fingerprint density at radius 1 is 1.17 bits per heavy atom. The first kappa shape index (κ1) is 24.1. The Morgan fingerprint density at radius 3 is 2.63 bits per heavy atom. The first-order valence-corrected chi connectivity index (χ1v) is 11.4. The fraction of sp³-hybridized carbons (Fsp3) is 0.600. The number of aliphatic hydroxyl groups excluding tert-OH is 1. The SMILES string of the molecule is C[C@H](CCCc1ccccc1)[C@H](O)C=C[C@H]1CCC(=O)N1CCCCCCC(=O)O. The summed E-state index contributed by atoms with van der Waals surface area (Å²) < 4.78 is 0. The van der Waals surface area contributed by atoms with Crippen molar-refractivity contribution in [1.82, 2.24) is 4.90 Å². The molecule has 2 rings (SSSR count). The second-order valence-corrected chi connectivity index (χ2v) is 8.48. The fourth-order valence-electron chi connectivity index (χ4n) is 4.03. The zero-order valence-electron chi connectivity index (χ0n) is 18.2. The third-order valence-corrected chi connectivity index (χ3v) is 6.00. The Bertz CT molecular complexity index is 673. The number of nitrogens with zero attached hydrogens (tertiary/aromatic N) is 1. The number of carboxylic acids is 1. The number of carbonyl (C=O) groups is 2. The smallest absolute Gasteiger partial charge is 0.303 e. The van der Waals surface area contributed by atoms with Crippen LogP contribution in [0.5, 0.6) is 0 Å². The molecule has 1 amide bonds. The molecule has 0 aliphatic carbocycles. The predicted molar refractivity (Wildman–Crippen MR) is 119 cm³/mol. The average molecular weight is 416 g/mol. The van der Waals surface area contributed by atoms with Crippen molar-refractivity contribution in [3.05, 3.63) is 48.0 Å².